The molecule has 230 valence electrons. The molecule has 4 saturated heterocycles. The molecule has 4 fully saturated rings. The van der Waals surface area contributed by atoms with E-state index in [1.54, 1.807) is 13.8 Å². The predicted octanol–water partition coefficient (Wildman–Crippen LogP) is 0.229. The lowest BCUT2D eigenvalue weighted by molar-refractivity contribution is -0.226. The quantitative estimate of drug-likeness (QED) is 0.213. The Morgan fingerprint density at radius 2 is 1.78 bits per heavy atom. The van der Waals surface area contributed by atoms with Gasteiger partial charge in [-0.1, -0.05) is 30.3 Å². The van der Waals surface area contributed by atoms with E-state index in [1.807, 2.05) is 30.3 Å². The van der Waals surface area contributed by atoms with Crippen molar-refractivity contribution >= 4 is 6.09 Å². The molecule has 0 saturated carbocycles. The summed E-state index contributed by atoms with van der Waals surface area (Å²) in [5.41, 5.74) is 0.779. The van der Waals surface area contributed by atoms with Crippen LogP contribution in [0.1, 0.15) is 19.4 Å². The SMILES string of the molecule is COCOC[C@H]1O[C@H]2O[C@@H]1[C@H]([C@H](O)[C@H](NC(=O)OCc1ccccc1)[C@H]1O[C@@H]3OC(C)(C)O[C@@H]3C1O)[C@H]2OCOC. The minimum Gasteiger partial charge on any atom is -0.445 e. The Morgan fingerprint density at radius 3 is 2.49 bits per heavy atom. The van der Waals surface area contributed by atoms with Gasteiger partial charge in [-0.3, -0.25) is 0 Å². The van der Waals surface area contributed by atoms with Gasteiger partial charge >= 0.3 is 6.09 Å². The molecule has 1 aromatic rings. The maximum atomic E-state index is 13.0. The van der Waals surface area contributed by atoms with E-state index in [1.165, 1.54) is 14.2 Å². The Bertz CT molecular complexity index is 999. The number of aliphatic hydroxyl groups excluding tert-OH is 2. The van der Waals surface area contributed by atoms with Crippen LogP contribution >= 0.6 is 0 Å². The molecule has 0 radical (unpaired) electrons. The molecule has 1 unspecified atom stereocenters. The van der Waals surface area contributed by atoms with Gasteiger partial charge in [0.05, 0.1) is 24.9 Å². The van der Waals surface area contributed by atoms with Gasteiger partial charge in [0, 0.05) is 20.1 Å². The van der Waals surface area contributed by atoms with Gasteiger partial charge < -0.3 is 62.9 Å². The lowest BCUT2D eigenvalue weighted by atomic mass is 9.81. The lowest BCUT2D eigenvalue weighted by Gasteiger charge is -2.40. The van der Waals surface area contributed by atoms with E-state index in [9.17, 15) is 15.0 Å². The number of benzene rings is 1. The molecule has 1 aromatic carbocycles. The van der Waals surface area contributed by atoms with Crippen LogP contribution in [0.5, 0.6) is 0 Å². The van der Waals surface area contributed by atoms with Crippen molar-refractivity contribution in [2.24, 2.45) is 5.92 Å². The van der Waals surface area contributed by atoms with Crippen molar-refractivity contribution < 1.29 is 62.4 Å². The van der Waals surface area contributed by atoms with Crippen LogP contribution in [-0.2, 0) is 54.0 Å². The molecular weight excluding hydrogens is 546 g/mol. The second-order valence-electron chi connectivity index (χ2n) is 10.8. The molecule has 0 aliphatic carbocycles. The molecule has 14 nitrogen and oxygen atoms in total. The van der Waals surface area contributed by atoms with Gasteiger partial charge in [-0.15, -0.1) is 0 Å². The standard InChI is InChI=1S/C27H39NO13/c1-27(2)40-23-19(30)22(39-25(23)41-27)17(28-26(31)35-10-14-8-6-5-7-9-14)18(29)16-20-15(11-34-12-32-3)37-24(38-20)21(16)36-13-33-4/h5-9,15-25,29-30H,10-13H2,1-4H3,(H,28,31)/t15-,16+,17+,18+,19?,20+,21-,22-,23-,24+,25-/m1/s1. The molecular formula is C27H39NO13. The zero-order valence-corrected chi connectivity index (χ0v) is 23.5. The van der Waals surface area contributed by atoms with E-state index in [-0.39, 0.29) is 26.8 Å². The summed E-state index contributed by atoms with van der Waals surface area (Å²) in [6.07, 6.45) is -9.09. The molecule has 0 spiro atoms. The number of carbonyl (C=O) groups is 1. The third-order valence-corrected chi connectivity index (χ3v) is 7.52. The fraction of sp³-hybridized carbons (Fsp3) is 0.741. The van der Waals surface area contributed by atoms with Crippen molar-refractivity contribution in [1.82, 2.24) is 5.32 Å². The molecule has 4 aliphatic heterocycles. The van der Waals surface area contributed by atoms with Gasteiger partial charge in [0.2, 0.25) is 0 Å². The number of aliphatic hydroxyl groups is 2. The van der Waals surface area contributed by atoms with Gasteiger partial charge in [0.15, 0.2) is 18.4 Å². The van der Waals surface area contributed by atoms with Crippen LogP contribution < -0.4 is 5.32 Å². The number of fused-ring (bicyclic) bond motifs is 3. The van der Waals surface area contributed by atoms with E-state index in [2.05, 4.69) is 5.32 Å². The van der Waals surface area contributed by atoms with Gasteiger partial charge in [-0.05, 0) is 19.4 Å². The van der Waals surface area contributed by atoms with Crippen LogP contribution in [0.4, 0.5) is 4.79 Å². The van der Waals surface area contributed by atoms with Gasteiger partial charge in [0.1, 0.15) is 50.7 Å². The average Bonchev–Trinajstić information content (AvgIpc) is 3.68. The third-order valence-electron chi connectivity index (χ3n) is 7.52. The Balaban J connectivity index is 1.36. The summed E-state index contributed by atoms with van der Waals surface area (Å²) in [7, 11) is 2.97. The molecule has 2 bridgehead atoms. The zero-order chi connectivity index (χ0) is 29.1. The summed E-state index contributed by atoms with van der Waals surface area (Å²) in [5, 5.41) is 25.8. The number of hydrogen-bond donors (Lipinski definition) is 3. The van der Waals surface area contributed by atoms with Crippen LogP contribution in [0.25, 0.3) is 0 Å². The molecule has 5 rings (SSSR count). The van der Waals surface area contributed by atoms with E-state index < -0.39 is 79.1 Å². The predicted molar refractivity (Wildman–Crippen MR) is 136 cm³/mol. The van der Waals surface area contributed by atoms with Crippen LogP contribution in [0.2, 0.25) is 0 Å². The Hall–Kier alpha value is -1.95. The number of hydrogen-bond acceptors (Lipinski definition) is 13. The second-order valence-corrected chi connectivity index (χ2v) is 10.8. The Morgan fingerprint density at radius 1 is 1.02 bits per heavy atom. The van der Waals surface area contributed by atoms with Crippen molar-refractivity contribution in [3.63, 3.8) is 0 Å². The van der Waals surface area contributed by atoms with Crippen LogP contribution in [0.15, 0.2) is 30.3 Å². The van der Waals surface area contributed by atoms with Crippen LogP contribution in [0, 0.1) is 5.92 Å². The molecule has 1 amide bonds. The minimum atomic E-state index is -1.36. The fourth-order valence-electron chi connectivity index (χ4n) is 5.81. The first-order valence-electron chi connectivity index (χ1n) is 13.5. The molecule has 0 aromatic heterocycles. The first kappa shape index (κ1) is 30.5. The number of ether oxygens (including phenoxy) is 10. The molecule has 11 atom stereocenters. The number of nitrogens with one attached hydrogen (secondary N) is 1. The maximum Gasteiger partial charge on any atom is 0.407 e. The van der Waals surface area contributed by atoms with Crippen molar-refractivity contribution in [2.45, 2.75) is 87.6 Å². The summed E-state index contributed by atoms with van der Waals surface area (Å²) in [4.78, 5) is 13.0. The lowest BCUT2D eigenvalue weighted by Crippen LogP contribution is -2.61. The number of methoxy groups -OCH3 is 2. The fourth-order valence-corrected chi connectivity index (χ4v) is 5.81. The smallest absolute Gasteiger partial charge is 0.407 e. The largest absolute Gasteiger partial charge is 0.445 e. The highest BCUT2D eigenvalue weighted by atomic mass is 16.8. The summed E-state index contributed by atoms with van der Waals surface area (Å²) < 4.78 is 56.5. The number of amides is 1. The van der Waals surface area contributed by atoms with Crippen LogP contribution in [0.3, 0.4) is 0 Å². The Labute approximate surface area is 238 Å². The number of rotatable bonds is 13. The second kappa shape index (κ2) is 13.1. The first-order valence-corrected chi connectivity index (χ1v) is 13.5. The van der Waals surface area contributed by atoms with Gasteiger partial charge in [-0.2, -0.15) is 0 Å². The van der Waals surface area contributed by atoms with E-state index in [0.29, 0.717) is 0 Å². The summed E-state index contributed by atoms with van der Waals surface area (Å²) in [6.45, 7) is 3.51. The molecule has 3 N–H and O–H groups in total. The molecule has 4 aliphatic rings. The summed E-state index contributed by atoms with van der Waals surface area (Å²) in [6, 6.07) is 7.96. The molecule has 14 heteroatoms. The normalized spacial score (nSPS) is 36.7. The maximum absolute atomic E-state index is 13.0. The summed E-state index contributed by atoms with van der Waals surface area (Å²) >= 11 is 0. The number of alkyl carbamates (subject to hydrolysis) is 1. The topological polar surface area (TPSA) is 162 Å². The van der Waals surface area contributed by atoms with Crippen molar-refractivity contribution in [2.75, 3.05) is 34.4 Å². The highest BCUT2D eigenvalue weighted by Gasteiger charge is 2.63. The Kier molecular flexibility index (Phi) is 9.78. The van der Waals surface area contributed by atoms with E-state index in [0.717, 1.165) is 5.56 Å². The molecule has 4 heterocycles. The minimum absolute atomic E-state index is 0.00120. The van der Waals surface area contributed by atoms with Gasteiger partial charge in [-0.25, -0.2) is 4.79 Å². The first-order chi connectivity index (χ1) is 19.7. The van der Waals surface area contributed by atoms with E-state index >= 15 is 0 Å². The molecule has 41 heavy (non-hydrogen) atoms. The van der Waals surface area contributed by atoms with Crippen molar-refractivity contribution in [1.29, 1.82) is 0 Å². The van der Waals surface area contributed by atoms with Crippen molar-refractivity contribution in [3.8, 4) is 0 Å². The van der Waals surface area contributed by atoms with Crippen molar-refractivity contribution in [3.05, 3.63) is 35.9 Å². The summed E-state index contributed by atoms with van der Waals surface area (Å²) in [5.74, 6) is -1.71. The highest BCUT2D eigenvalue weighted by molar-refractivity contribution is 5.68. The zero-order valence-electron chi connectivity index (χ0n) is 23.5. The van der Waals surface area contributed by atoms with Gasteiger partial charge in [0.25, 0.3) is 0 Å². The monoisotopic (exact) mass is 585 g/mol. The van der Waals surface area contributed by atoms with E-state index in [4.69, 9.17) is 47.4 Å². The van der Waals surface area contributed by atoms with Crippen LogP contribution in [-0.4, -0.2) is 118 Å². The number of carbonyl (C=O) groups excluding carboxylic acids is 1. The third kappa shape index (κ3) is 6.68. The highest BCUT2D eigenvalue weighted by Crippen LogP contribution is 2.45. The average molecular weight is 586 g/mol.